The van der Waals surface area contributed by atoms with E-state index >= 15 is 0 Å². The van der Waals surface area contributed by atoms with Crippen LogP contribution in [-0.2, 0) is 26.8 Å². The molecule has 0 bridgehead atoms. The molecule has 3 nitrogen and oxygen atoms in total. The molecule has 0 unspecified atom stereocenters. The van der Waals surface area contributed by atoms with Gasteiger partial charge in [0.2, 0.25) is 0 Å². The number of benzene rings is 1. The first-order chi connectivity index (χ1) is 11.5. The monoisotopic (exact) mass is 346 g/mol. The predicted octanol–water partition coefficient (Wildman–Crippen LogP) is 5.09. The molecule has 1 aliphatic rings. The molecule has 0 amide bonds. The summed E-state index contributed by atoms with van der Waals surface area (Å²) in [6, 6.07) is 6.91. The Balaban J connectivity index is 2.24. The largest absolute Gasteiger partial charge is 0.480 e. The SMILES string of the molecule is CC(C)(C)c1ccc(C[C@H]2CCC[C@H]2OCC(=O)O)c(C(C)(C)C)c1. The van der Waals surface area contributed by atoms with Crippen LogP contribution in [0, 0.1) is 5.92 Å². The molecular formula is C22H34O3. The third kappa shape index (κ3) is 5.31. The molecular weight excluding hydrogens is 312 g/mol. The Morgan fingerprint density at radius 3 is 2.36 bits per heavy atom. The Morgan fingerprint density at radius 2 is 1.80 bits per heavy atom. The van der Waals surface area contributed by atoms with Crippen molar-refractivity contribution in [2.75, 3.05) is 6.61 Å². The van der Waals surface area contributed by atoms with Crippen LogP contribution in [0.15, 0.2) is 18.2 Å². The van der Waals surface area contributed by atoms with Gasteiger partial charge in [-0.15, -0.1) is 0 Å². The minimum atomic E-state index is -0.879. The average molecular weight is 347 g/mol. The van der Waals surface area contributed by atoms with Crippen molar-refractivity contribution < 1.29 is 14.6 Å². The van der Waals surface area contributed by atoms with Gasteiger partial charge in [-0.3, -0.25) is 0 Å². The van der Waals surface area contributed by atoms with Gasteiger partial charge in [0.25, 0.3) is 0 Å². The van der Waals surface area contributed by atoms with Gasteiger partial charge in [-0.25, -0.2) is 4.79 Å². The molecule has 2 atom stereocenters. The van der Waals surface area contributed by atoms with Crippen molar-refractivity contribution in [2.45, 2.75) is 84.2 Å². The smallest absolute Gasteiger partial charge is 0.329 e. The molecule has 1 fully saturated rings. The zero-order valence-corrected chi connectivity index (χ0v) is 16.7. The van der Waals surface area contributed by atoms with E-state index in [1.54, 1.807) is 0 Å². The molecule has 0 saturated heterocycles. The molecule has 0 heterocycles. The number of aliphatic carboxylic acids is 1. The molecule has 0 spiro atoms. The van der Waals surface area contributed by atoms with E-state index in [9.17, 15) is 4.79 Å². The first-order valence-electron chi connectivity index (χ1n) is 9.46. The molecule has 2 rings (SSSR count). The number of carbonyl (C=O) groups is 1. The van der Waals surface area contributed by atoms with Crippen molar-refractivity contribution in [1.29, 1.82) is 0 Å². The van der Waals surface area contributed by atoms with Gasteiger partial charge in [0.15, 0.2) is 0 Å². The Labute approximate surface area is 152 Å². The summed E-state index contributed by atoms with van der Waals surface area (Å²) in [4.78, 5) is 10.8. The van der Waals surface area contributed by atoms with Crippen LogP contribution in [0.1, 0.15) is 77.5 Å². The Kier molecular flexibility index (Phi) is 5.98. The minimum Gasteiger partial charge on any atom is -0.480 e. The van der Waals surface area contributed by atoms with Gasteiger partial charge in [-0.05, 0) is 52.7 Å². The predicted molar refractivity (Wildman–Crippen MR) is 102 cm³/mol. The molecule has 1 aliphatic carbocycles. The van der Waals surface area contributed by atoms with E-state index in [0.717, 1.165) is 25.7 Å². The lowest BCUT2D eigenvalue weighted by atomic mass is 9.77. The highest BCUT2D eigenvalue weighted by atomic mass is 16.5. The van der Waals surface area contributed by atoms with E-state index in [4.69, 9.17) is 9.84 Å². The fraction of sp³-hybridized carbons (Fsp3) is 0.682. The number of carboxylic acids is 1. The lowest BCUT2D eigenvalue weighted by Crippen LogP contribution is -2.25. The van der Waals surface area contributed by atoms with Crippen molar-refractivity contribution in [3.8, 4) is 0 Å². The van der Waals surface area contributed by atoms with Crippen molar-refractivity contribution in [3.05, 3.63) is 34.9 Å². The molecule has 0 aliphatic heterocycles. The third-order valence-corrected chi connectivity index (χ3v) is 5.28. The van der Waals surface area contributed by atoms with Crippen molar-refractivity contribution >= 4 is 5.97 Å². The van der Waals surface area contributed by atoms with Gasteiger partial charge in [-0.2, -0.15) is 0 Å². The van der Waals surface area contributed by atoms with E-state index < -0.39 is 5.97 Å². The lowest BCUT2D eigenvalue weighted by Gasteiger charge is -2.29. The second kappa shape index (κ2) is 7.49. The van der Waals surface area contributed by atoms with Gasteiger partial charge >= 0.3 is 5.97 Å². The number of carboxylic acid groups (broad SMARTS) is 1. The van der Waals surface area contributed by atoms with E-state index in [-0.39, 0.29) is 23.5 Å². The van der Waals surface area contributed by atoms with Gasteiger partial charge in [-0.1, -0.05) is 66.2 Å². The standard InChI is InChI=1S/C22H34O3/c1-21(2,3)17-11-10-15(18(13-17)22(4,5)6)12-16-8-7-9-19(16)25-14-20(23)24/h10-11,13,16,19H,7-9,12,14H2,1-6H3,(H,23,24)/t16-,19-/m1/s1. The van der Waals surface area contributed by atoms with Crippen molar-refractivity contribution in [2.24, 2.45) is 5.92 Å². The molecule has 0 radical (unpaired) electrons. The van der Waals surface area contributed by atoms with Gasteiger partial charge < -0.3 is 9.84 Å². The van der Waals surface area contributed by atoms with Crippen LogP contribution in [0.2, 0.25) is 0 Å². The van der Waals surface area contributed by atoms with Gasteiger partial charge in [0.05, 0.1) is 6.10 Å². The summed E-state index contributed by atoms with van der Waals surface area (Å²) in [5.74, 6) is -0.462. The summed E-state index contributed by atoms with van der Waals surface area (Å²) in [5, 5.41) is 8.88. The summed E-state index contributed by atoms with van der Waals surface area (Å²) in [6.45, 7) is 13.4. The molecule has 1 aromatic rings. The zero-order valence-electron chi connectivity index (χ0n) is 16.7. The Morgan fingerprint density at radius 1 is 1.12 bits per heavy atom. The summed E-state index contributed by atoms with van der Waals surface area (Å²) < 4.78 is 5.65. The number of hydrogen-bond donors (Lipinski definition) is 1. The summed E-state index contributed by atoms with van der Waals surface area (Å²) in [7, 11) is 0. The van der Waals surface area contributed by atoms with Crippen LogP contribution < -0.4 is 0 Å². The highest BCUT2D eigenvalue weighted by Crippen LogP contribution is 2.36. The van der Waals surface area contributed by atoms with Crippen LogP contribution in [0.4, 0.5) is 0 Å². The molecule has 3 heteroatoms. The first-order valence-corrected chi connectivity index (χ1v) is 9.46. The quantitative estimate of drug-likeness (QED) is 0.807. The fourth-order valence-electron chi connectivity index (χ4n) is 3.84. The maximum atomic E-state index is 10.8. The van der Waals surface area contributed by atoms with E-state index in [1.807, 2.05) is 0 Å². The van der Waals surface area contributed by atoms with Gasteiger partial charge in [0, 0.05) is 0 Å². The van der Waals surface area contributed by atoms with E-state index in [2.05, 4.69) is 59.7 Å². The third-order valence-electron chi connectivity index (χ3n) is 5.28. The molecule has 0 aromatic heterocycles. The minimum absolute atomic E-state index is 0.0752. The van der Waals surface area contributed by atoms with Crippen LogP contribution >= 0.6 is 0 Å². The van der Waals surface area contributed by atoms with E-state index in [1.165, 1.54) is 16.7 Å². The van der Waals surface area contributed by atoms with Crippen molar-refractivity contribution in [3.63, 3.8) is 0 Å². The van der Waals surface area contributed by atoms with E-state index in [0.29, 0.717) is 5.92 Å². The summed E-state index contributed by atoms with van der Waals surface area (Å²) in [6.07, 6.45) is 4.27. The highest BCUT2D eigenvalue weighted by molar-refractivity contribution is 5.68. The number of rotatable bonds is 5. The molecule has 25 heavy (non-hydrogen) atoms. The van der Waals surface area contributed by atoms with Crippen LogP contribution in [0.25, 0.3) is 0 Å². The molecule has 1 saturated carbocycles. The second-order valence-electron chi connectivity index (χ2n) is 9.51. The Bertz CT molecular complexity index is 605. The van der Waals surface area contributed by atoms with Crippen LogP contribution in [-0.4, -0.2) is 23.8 Å². The normalized spacial score (nSPS) is 21.5. The molecule has 1 N–H and O–H groups in total. The van der Waals surface area contributed by atoms with Gasteiger partial charge in [0.1, 0.15) is 6.61 Å². The summed E-state index contributed by atoms with van der Waals surface area (Å²) >= 11 is 0. The highest BCUT2D eigenvalue weighted by Gasteiger charge is 2.31. The number of hydrogen-bond acceptors (Lipinski definition) is 2. The van der Waals surface area contributed by atoms with Crippen LogP contribution in [0.5, 0.6) is 0 Å². The van der Waals surface area contributed by atoms with Crippen LogP contribution in [0.3, 0.4) is 0 Å². The first kappa shape index (κ1) is 20.0. The Hall–Kier alpha value is -1.35. The van der Waals surface area contributed by atoms with Crippen molar-refractivity contribution in [1.82, 2.24) is 0 Å². The average Bonchev–Trinajstić information content (AvgIpc) is 2.90. The fourth-order valence-corrected chi connectivity index (χ4v) is 3.84. The topological polar surface area (TPSA) is 46.5 Å². The molecule has 1 aromatic carbocycles. The lowest BCUT2D eigenvalue weighted by molar-refractivity contribution is -0.145. The zero-order chi connectivity index (χ0) is 18.8. The maximum absolute atomic E-state index is 10.8. The second-order valence-corrected chi connectivity index (χ2v) is 9.51. The maximum Gasteiger partial charge on any atom is 0.329 e. The number of ether oxygens (including phenoxy) is 1. The molecule has 140 valence electrons. The summed E-state index contributed by atoms with van der Waals surface area (Å²) in [5.41, 5.74) is 4.39.